The lowest BCUT2D eigenvalue weighted by Gasteiger charge is -2.21. The molecule has 4 heteroatoms. The third-order valence-corrected chi connectivity index (χ3v) is 3.37. The molecule has 1 amide bonds. The topological polar surface area (TPSA) is 66.4 Å². The van der Waals surface area contributed by atoms with Crippen LogP contribution >= 0.6 is 0 Å². The van der Waals surface area contributed by atoms with Crippen LogP contribution in [0.15, 0.2) is 18.2 Å². The molecule has 0 aliphatic rings. The molecule has 0 aromatic heterocycles. The lowest BCUT2D eigenvalue weighted by molar-refractivity contribution is -0.137. The highest BCUT2D eigenvalue weighted by Gasteiger charge is 2.21. The molecule has 0 saturated carbocycles. The third-order valence-electron chi connectivity index (χ3n) is 3.37. The fraction of sp³-hybridized carbons (Fsp3) is 0.467. The Kier molecular flexibility index (Phi) is 5.10. The number of carbonyl (C=O) groups is 2. The number of nitrogens with one attached hydrogen (secondary N) is 1. The van der Waals surface area contributed by atoms with Gasteiger partial charge in [-0.1, -0.05) is 26.0 Å². The Balaban J connectivity index is 2.88. The van der Waals surface area contributed by atoms with Crippen molar-refractivity contribution in [2.45, 2.75) is 40.2 Å². The van der Waals surface area contributed by atoms with Crippen LogP contribution in [-0.2, 0) is 4.79 Å². The van der Waals surface area contributed by atoms with Crippen LogP contribution in [0.5, 0.6) is 0 Å². The van der Waals surface area contributed by atoms with E-state index >= 15 is 0 Å². The number of amides is 1. The summed E-state index contributed by atoms with van der Waals surface area (Å²) < 4.78 is 0. The van der Waals surface area contributed by atoms with Crippen molar-refractivity contribution in [3.8, 4) is 0 Å². The zero-order valence-corrected chi connectivity index (χ0v) is 11.9. The minimum absolute atomic E-state index is 0.0612. The van der Waals surface area contributed by atoms with E-state index in [4.69, 9.17) is 5.11 Å². The van der Waals surface area contributed by atoms with Gasteiger partial charge in [0, 0.05) is 11.6 Å². The Labute approximate surface area is 113 Å². The molecule has 0 fully saturated rings. The first-order chi connectivity index (χ1) is 8.82. The van der Waals surface area contributed by atoms with Crippen LogP contribution < -0.4 is 5.32 Å². The first-order valence-corrected chi connectivity index (χ1v) is 6.41. The number of rotatable bonds is 5. The predicted octanol–water partition coefficient (Wildman–Crippen LogP) is 2.53. The van der Waals surface area contributed by atoms with Crippen LogP contribution in [0.2, 0.25) is 0 Å². The van der Waals surface area contributed by atoms with Gasteiger partial charge in [-0.2, -0.15) is 0 Å². The van der Waals surface area contributed by atoms with E-state index in [1.165, 1.54) is 0 Å². The largest absolute Gasteiger partial charge is 0.481 e. The second-order valence-electron chi connectivity index (χ2n) is 5.17. The molecule has 19 heavy (non-hydrogen) atoms. The molecule has 2 N–H and O–H groups in total. The molecule has 1 rings (SSSR count). The molecule has 1 atom stereocenters. The maximum atomic E-state index is 12.2. The van der Waals surface area contributed by atoms with E-state index in [-0.39, 0.29) is 24.3 Å². The number of aryl methyl sites for hydroxylation is 1. The van der Waals surface area contributed by atoms with Crippen LogP contribution in [0.25, 0.3) is 0 Å². The van der Waals surface area contributed by atoms with E-state index in [1.54, 1.807) is 6.07 Å². The number of hydrogen-bond donors (Lipinski definition) is 2. The molecule has 0 heterocycles. The van der Waals surface area contributed by atoms with Crippen LogP contribution in [0.1, 0.15) is 41.8 Å². The SMILES string of the molecule is Cc1cccc(C(=O)NC(CC(=O)O)C(C)C)c1C. The average molecular weight is 263 g/mol. The van der Waals surface area contributed by atoms with Crippen LogP contribution in [0.4, 0.5) is 0 Å². The quantitative estimate of drug-likeness (QED) is 0.858. The van der Waals surface area contributed by atoms with Gasteiger partial charge in [0.25, 0.3) is 5.91 Å². The number of carbonyl (C=O) groups excluding carboxylic acids is 1. The van der Waals surface area contributed by atoms with E-state index in [9.17, 15) is 9.59 Å². The molecular formula is C15H21NO3. The minimum Gasteiger partial charge on any atom is -0.481 e. The number of carboxylic acids is 1. The van der Waals surface area contributed by atoms with E-state index in [1.807, 2.05) is 39.8 Å². The Hall–Kier alpha value is -1.84. The van der Waals surface area contributed by atoms with Gasteiger partial charge in [0.1, 0.15) is 0 Å². The van der Waals surface area contributed by atoms with Gasteiger partial charge in [-0.05, 0) is 37.0 Å². The summed E-state index contributed by atoms with van der Waals surface area (Å²) in [4.78, 5) is 23.0. The molecule has 4 nitrogen and oxygen atoms in total. The summed E-state index contributed by atoms with van der Waals surface area (Å²) in [7, 11) is 0. The maximum absolute atomic E-state index is 12.2. The number of carboxylic acid groups (broad SMARTS) is 1. The Morgan fingerprint density at radius 1 is 1.26 bits per heavy atom. The van der Waals surface area contributed by atoms with E-state index in [2.05, 4.69) is 5.32 Å². The van der Waals surface area contributed by atoms with E-state index < -0.39 is 5.97 Å². The smallest absolute Gasteiger partial charge is 0.305 e. The molecule has 0 aliphatic carbocycles. The van der Waals surface area contributed by atoms with Gasteiger partial charge in [-0.15, -0.1) is 0 Å². The minimum atomic E-state index is -0.903. The van der Waals surface area contributed by atoms with Crippen molar-refractivity contribution in [2.75, 3.05) is 0 Å². The lowest BCUT2D eigenvalue weighted by Crippen LogP contribution is -2.40. The third kappa shape index (κ3) is 4.09. The molecule has 0 spiro atoms. The van der Waals surface area contributed by atoms with E-state index in [0.29, 0.717) is 5.56 Å². The number of hydrogen-bond acceptors (Lipinski definition) is 2. The van der Waals surface area contributed by atoms with Crippen molar-refractivity contribution >= 4 is 11.9 Å². The molecular weight excluding hydrogens is 242 g/mol. The molecule has 1 aromatic carbocycles. The highest BCUT2D eigenvalue weighted by Crippen LogP contribution is 2.14. The van der Waals surface area contributed by atoms with Crippen LogP contribution in [0.3, 0.4) is 0 Å². The Morgan fingerprint density at radius 3 is 2.42 bits per heavy atom. The fourth-order valence-corrected chi connectivity index (χ4v) is 1.88. The van der Waals surface area contributed by atoms with Gasteiger partial charge in [-0.25, -0.2) is 0 Å². The molecule has 1 aromatic rings. The zero-order valence-electron chi connectivity index (χ0n) is 11.9. The fourth-order valence-electron chi connectivity index (χ4n) is 1.88. The predicted molar refractivity (Wildman–Crippen MR) is 74.3 cm³/mol. The molecule has 1 unspecified atom stereocenters. The Bertz CT molecular complexity index is 480. The highest BCUT2D eigenvalue weighted by molar-refractivity contribution is 5.96. The number of aliphatic carboxylic acids is 1. The van der Waals surface area contributed by atoms with Gasteiger partial charge in [0.15, 0.2) is 0 Å². The molecule has 0 bridgehead atoms. The highest BCUT2D eigenvalue weighted by atomic mass is 16.4. The van der Waals surface area contributed by atoms with Crippen LogP contribution in [0, 0.1) is 19.8 Å². The second kappa shape index (κ2) is 6.36. The van der Waals surface area contributed by atoms with Crippen molar-refractivity contribution in [3.63, 3.8) is 0 Å². The second-order valence-corrected chi connectivity index (χ2v) is 5.17. The van der Waals surface area contributed by atoms with Gasteiger partial charge < -0.3 is 10.4 Å². The summed E-state index contributed by atoms with van der Waals surface area (Å²) in [6.45, 7) is 7.64. The molecule has 0 radical (unpaired) electrons. The van der Waals surface area contributed by atoms with Crippen LogP contribution in [-0.4, -0.2) is 23.0 Å². The summed E-state index contributed by atoms with van der Waals surface area (Å²) in [6, 6.07) is 5.18. The van der Waals surface area contributed by atoms with E-state index in [0.717, 1.165) is 11.1 Å². The van der Waals surface area contributed by atoms with Crippen molar-refractivity contribution in [3.05, 3.63) is 34.9 Å². The lowest BCUT2D eigenvalue weighted by atomic mass is 9.98. The van der Waals surface area contributed by atoms with Crippen molar-refractivity contribution in [2.24, 2.45) is 5.92 Å². The standard InChI is InChI=1S/C15H21NO3/c1-9(2)13(8-14(17)18)16-15(19)12-7-5-6-10(3)11(12)4/h5-7,9,13H,8H2,1-4H3,(H,16,19)(H,17,18). The summed E-state index contributed by atoms with van der Waals surface area (Å²) in [5, 5.41) is 11.7. The van der Waals surface area contributed by atoms with Gasteiger partial charge in [0.05, 0.1) is 6.42 Å². The monoisotopic (exact) mass is 263 g/mol. The van der Waals surface area contributed by atoms with Crippen molar-refractivity contribution < 1.29 is 14.7 Å². The summed E-state index contributed by atoms with van der Waals surface area (Å²) in [6.07, 6.45) is -0.0612. The van der Waals surface area contributed by atoms with Crippen molar-refractivity contribution in [1.29, 1.82) is 0 Å². The summed E-state index contributed by atoms with van der Waals surface area (Å²) in [5.74, 6) is -1.04. The maximum Gasteiger partial charge on any atom is 0.305 e. The normalized spacial score (nSPS) is 12.3. The Morgan fingerprint density at radius 2 is 1.89 bits per heavy atom. The molecule has 104 valence electrons. The summed E-state index contributed by atoms with van der Waals surface area (Å²) in [5.41, 5.74) is 2.58. The van der Waals surface area contributed by atoms with Crippen molar-refractivity contribution in [1.82, 2.24) is 5.32 Å². The first-order valence-electron chi connectivity index (χ1n) is 6.41. The average Bonchev–Trinajstić information content (AvgIpc) is 2.31. The van der Waals surface area contributed by atoms with Gasteiger partial charge >= 0.3 is 5.97 Å². The molecule has 0 aliphatic heterocycles. The summed E-state index contributed by atoms with van der Waals surface area (Å²) >= 11 is 0. The molecule has 0 saturated heterocycles. The van der Waals surface area contributed by atoms with Gasteiger partial charge in [0.2, 0.25) is 0 Å². The zero-order chi connectivity index (χ0) is 14.6. The number of benzene rings is 1. The van der Waals surface area contributed by atoms with Gasteiger partial charge in [-0.3, -0.25) is 9.59 Å². The first kappa shape index (κ1) is 15.2.